The lowest BCUT2D eigenvalue weighted by molar-refractivity contribution is 0.281. The average molecular weight is 186 g/mol. The predicted octanol–water partition coefficient (Wildman–Crippen LogP) is 0.891. The van der Waals surface area contributed by atoms with E-state index in [1.165, 1.54) is 11.8 Å². The number of methoxy groups -OCH3 is 1. The van der Waals surface area contributed by atoms with Crippen LogP contribution in [0.3, 0.4) is 0 Å². The van der Waals surface area contributed by atoms with Crippen molar-refractivity contribution in [3.05, 3.63) is 10.6 Å². The molecule has 74 valence electrons. The molecule has 0 aliphatic heterocycles. The Hall–Kier alpha value is -1.26. The summed E-state index contributed by atoms with van der Waals surface area (Å²) in [5.74, 6) is -0.480. The maximum absolute atomic E-state index is 11.1. The van der Waals surface area contributed by atoms with Gasteiger partial charge in [-0.1, -0.05) is 25.9 Å². The number of hydrogen-bond donors (Lipinski definition) is 0. The third-order valence-electron chi connectivity index (χ3n) is 1.39. The Kier molecular flexibility index (Phi) is 2.45. The highest BCUT2D eigenvalue weighted by atomic mass is 16.6. The van der Waals surface area contributed by atoms with Gasteiger partial charge in [0.15, 0.2) is 0 Å². The monoisotopic (exact) mass is 186 g/mol. The first-order valence-corrected chi connectivity index (χ1v) is 4.04. The van der Waals surface area contributed by atoms with Gasteiger partial charge in [-0.25, -0.2) is 4.79 Å². The number of ether oxygens (including phenoxy) is 1. The SMILES string of the molecule is COc1nn(CC(C)(C)C)c(=O)o1. The molecule has 5 heteroatoms. The van der Waals surface area contributed by atoms with E-state index in [-0.39, 0.29) is 11.5 Å². The first kappa shape index (κ1) is 9.83. The zero-order valence-electron chi connectivity index (χ0n) is 8.33. The van der Waals surface area contributed by atoms with Gasteiger partial charge in [-0.05, 0) is 5.41 Å². The maximum Gasteiger partial charge on any atom is 0.439 e. The Morgan fingerprint density at radius 2 is 2.15 bits per heavy atom. The van der Waals surface area contributed by atoms with Crippen LogP contribution in [0.5, 0.6) is 6.08 Å². The van der Waals surface area contributed by atoms with Gasteiger partial charge >= 0.3 is 11.8 Å². The van der Waals surface area contributed by atoms with Crippen LogP contribution in [0.4, 0.5) is 0 Å². The second-order valence-electron chi connectivity index (χ2n) is 4.06. The molecule has 0 saturated heterocycles. The molecule has 0 N–H and O–H groups in total. The molecule has 0 aliphatic rings. The Morgan fingerprint density at radius 1 is 1.54 bits per heavy atom. The van der Waals surface area contributed by atoms with Crippen molar-refractivity contribution in [2.45, 2.75) is 27.3 Å². The van der Waals surface area contributed by atoms with Crippen LogP contribution < -0.4 is 10.5 Å². The summed E-state index contributed by atoms with van der Waals surface area (Å²) in [7, 11) is 1.41. The van der Waals surface area contributed by atoms with Gasteiger partial charge in [0.2, 0.25) is 0 Å². The van der Waals surface area contributed by atoms with Gasteiger partial charge in [0.1, 0.15) is 0 Å². The summed E-state index contributed by atoms with van der Waals surface area (Å²) in [6.45, 7) is 6.56. The summed E-state index contributed by atoms with van der Waals surface area (Å²) >= 11 is 0. The number of aromatic nitrogens is 2. The molecule has 1 aromatic rings. The second-order valence-corrected chi connectivity index (χ2v) is 4.06. The minimum Gasteiger partial charge on any atom is -0.452 e. The van der Waals surface area contributed by atoms with Gasteiger partial charge in [-0.3, -0.25) is 0 Å². The van der Waals surface area contributed by atoms with Crippen molar-refractivity contribution < 1.29 is 9.15 Å². The van der Waals surface area contributed by atoms with E-state index in [2.05, 4.69) is 9.52 Å². The molecule has 0 spiro atoms. The molecule has 1 aromatic heterocycles. The lowest BCUT2D eigenvalue weighted by Gasteiger charge is -2.15. The summed E-state index contributed by atoms with van der Waals surface area (Å²) in [6, 6.07) is 0. The molecule has 1 rings (SSSR count). The largest absolute Gasteiger partial charge is 0.452 e. The van der Waals surface area contributed by atoms with Gasteiger partial charge in [0, 0.05) is 0 Å². The average Bonchev–Trinajstić information content (AvgIpc) is 2.29. The fourth-order valence-electron chi connectivity index (χ4n) is 0.919. The van der Waals surface area contributed by atoms with Crippen LogP contribution in [-0.4, -0.2) is 16.9 Å². The van der Waals surface area contributed by atoms with Gasteiger partial charge in [0.05, 0.1) is 13.7 Å². The predicted molar refractivity (Wildman–Crippen MR) is 46.8 cm³/mol. The molecule has 0 atom stereocenters. The molecule has 0 aliphatic carbocycles. The summed E-state index contributed by atoms with van der Waals surface area (Å²) < 4.78 is 10.6. The van der Waals surface area contributed by atoms with E-state index < -0.39 is 5.76 Å². The lowest BCUT2D eigenvalue weighted by atomic mass is 9.97. The molecule has 0 amide bonds. The minimum atomic E-state index is -0.480. The van der Waals surface area contributed by atoms with E-state index in [9.17, 15) is 4.79 Å². The number of nitrogens with zero attached hydrogens (tertiary/aromatic N) is 2. The molecular formula is C8H14N2O3. The van der Waals surface area contributed by atoms with Crippen molar-refractivity contribution in [2.75, 3.05) is 7.11 Å². The molecule has 5 nitrogen and oxygen atoms in total. The second kappa shape index (κ2) is 3.24. The number of hydrogen-bond acceptors (Lipinski definition) is 4. The molecule has 0 fully saturated rings. The van der Waals surface area contributed by atoms with Crippen LogP contribution in [0.15, 0.2) is 9.21 Å². The topological polar surface area (TPSA) is 57.3 Å². The molecule has 0 aromatic carbocycles. The van der Waals surface area contributed by atoms with Crippen molar-refractivity contribution in [2.24, 2.45) is 5.41 Å². The molecule has 0 bridgehead atoms. The first-order valence-electron chi connectivity index (χ1n) is 4.04. The Bertz CT molecular complexity index is 332. The highest BCUT2D eigenvalue weighted by Crippen LogP contribution is 2.15. The van der Waals surface area contributed by atoms with E-state index in [0.717, 1.165) is 0 Å². The molecular weight excluding hydrogens is 172 g/mol. The van der Waals surface area contributed by atoms with Crippen LogP contribution in [0.25, 0.3) is 0 Å². The first-order chi connectivity index (χ1) is 5.92. The zero-order valence-corrected chi connectivity index (χ0v) is 8.33. The molecule has 0 radical (unpaired) electrons. The Balaban J connectivity index is 2.89. The lowest BCUT2D eigenvalue weighted by Crippen LogP contribution is -2.24. The van der Waals surface area contributed by atoms with E-state index in [1.54, 1.807) is 0 Å². The van der Waals surface area contributed by atoms with Crippen LogP contribution in [-0.2, 0) is 6.54 Å². The van der Waals surface area contributed by atoms with Gasteiger partial charge in [-0.15, -0.1) is 0 Å². The van der Waals surface area contributed by atoms with E-state index >= 15 is 0 Å². The van der Waals surface area contributed by atoms with Crippen molar-refractivity contribution in [1.29, 1.82) is 0 Å². The van der Waals surface area contributed by atoms with Crippen LogP contribution in [0.2, 0.25) is 0 Å². The van der Waals surface area contributed by atoms with E-state index in [0.29, 0.717) is 6.54 Å². The number of rotatable bonds is 2. The third kappa shape index (κ3) is 2.61. The van der Waals surface area contributed by atoms with E-state index in [4.69, 9.17) is 4.74 Å². The minimum absolute atomic E-state index is 0.00822. The normalized spacial score (nSPS) is 11.7. The van der Waals surface area contributed by atoms with Crippen LogP contribution in [0.1, 0.15) is 20.8 Å². The summed E-state index contributed by atoms with van der Waals surface area (Å²) in [5.41, 5.74) is -0.00822. The molecule has 13 heavy (non-hydrogen) atoms. The molecule has 0 saturated carbocycles. The Morgan fingerprint density at radius 3 is 2.54 bits per heavy atom. The summed E-state index contributed by atoms with van der Waals surface area (Å²) in [5, 5.41) is 3.83. The fourth-order valence-corrected chi connectivity index (χ4v) is 0.919. The highest BCUT2D eigenvalue weighted by molar-refractivity contribution is 4.79. The zero-order chi connectivity index (χ0) is 10.1. The van der Waals surface area contributed by atoms with Crippen molar-refractivity contribution in [3.8, 4) is 6.08 Å². The quantitative estimate of drug-likeness (QED) is 0.688. The fraction of sp³-hybridized carbons (Fsp3) is 0.750. The van der Waals surface area contributed by atoms with Crippen LogP contribution in [0, 0.1) is 5.41 Å². The Labute approximate surface area is 76.3 Å². The standard InChI is InChI=1S/C8H14N2O3/c1-8(2,3)5-10-7(11)13-6(9-10)12-4/h5H2,1-4H3. The van der Waals surface area contributed by atoms with Crippen molar-refractivity contribution in [1.82, 2.24) is 9.78 Å². The van der Waals surface area contributed by atoms with Crippen molar-refractivity contribution in [3.63, 3.8) is 0 Å². The third-order valence-corrected chi connectivity index (χ3v) is 1.39. The van der Waals surface area contributed by atoms with Crippen molar-refractivity contribution >= 4 is 0 Å². The smallest absolute Gasteiger partial charge is 0.439 e. The summed E-state index contributed by atoms with van der Waals surface area (Å²) in [4.78, 5) is 11.1. The highest BCUT2D eigenvalue weighted by Gasteiger charge is 2.16. The molecule has 0 unspecified atom stereocenters. The maximum atomic E-state index is 11.1. The molecule has 1 heterocycles. The van der Waals surface area contributed by atoms with Crippen LogP contribution >= 0.6 is 0 Å². The van der Waals surface area contributed by atoms with Gasteiger partial charge in [0.25, 0.3) is 0 Å². The summed E-state index contributed by atoms with van der Waals surface area (Å²) in [6.07, 6.45) is 0.00856. The van der Waals surface area contributed by atoms with E-state index in [1.807, 2.05) is 20.8 Å². The van der Waals surface area contributed by atoms with Gasteiger partial charge in [-0.2, -0.15) is 4.68 Å². The van der Waals surface area contributed by atoms with Gasteiger partial charge < -0.3 is 9.15 Å².